The molecule has 1 rings (SSSR count). The number of aliphatic hydroxyl groups excluding tert-OH is 1. The highest BCUT2D eigenvalue weighted by molar-refractivity contribution is 5.29. The zero-order valence-electron chi connectivity index (χ0n) is 11.5. The maximum atomic E-state index is 12.7. The molecule has 22 heavy (non-hydrogen) atoms. The quantitative estimate of drug-likeness (QED) is 0.833. The molecule has 0 saturated heterocycles. The van der Waals surface area contributed by atoms with Crippen molar-refractivity contribution in [1.29, 1.82) is 0 Å². The first-order valence-electron chi connectivity index (χ1n) is 6.04. The molecule has 2 atom stereocenters. The number of methoxy groups -OCH3 is 1. The van der Waals surface area contributed by atoms with E-state index in [1.165, 1.54) is 19.2 Å². The second-order valence-corrected chi connectivity index (χ2v) is 4.77. The topological polar surface area (TPSA) is 49.7 Å². The fourth-order valence-corrected chi connectivity index (χ4v) is 2.00. The molecule has 0 radical (unpaired) electrons. The van der Waals surface area contributed by atoms with Gasteiger partial charge in [-0.05, 0) is 17.7 Å². The Hall–Kier alpha value is -1.48. The average Bonchev–Trinajstić information content (AvgIpc) is 2.42. The fraction of sp³-hybridized carbons (Fsp3) is 0.538. The van der Waals surface area contributed by atoms with E-state index in [1.54, 1.807) is 0 Å². The van der Waals surface area contributed by atoms with Crippen molar-refractivity contribution in [1.82, 2.24) is 0 Å². The minimum atomic E-state index is -5.99. The standard InChI is InChI=1S/C13H14F6O3/c1-7(11(21,12(14,15)16)13(17,18)19)10(20)8-3-5-9(22-2)6-4-8/h3-7,10,20-21H,1-2H3/t7-,10+/m0/s1. The number of ether oxygens (including phenoxy) is 1. The monoisotopic (exact) mass is 332 g/mol. The largest absolute Gasteiger partial charge is 0.497 e. The Balaban J connectivity index is 3.21. The van der Waals surface area contributed by atoms with Gasteiger partial charge in [0.2, 0.25) is 0 Å². The van der Waals surface area contributed by atoms with E-state index in [9.17, 15) is 36.6 Å². The lowest BCUT2D eigenvalue weighted by Gasteiger charge is -2.39. The van der Waals surface area contributed by atoms with E-state index in [0.717, 1.165) is 12.1 Å². The van der Waals surface area contributed by atoms with Crippen LogP contribution in [0.1, 0.15) is 18.6 Å². The summed E-state index contributed by atoms with van der Waals surface area (Å²) in [5, 5.41) is 19.1. The molecule has 0 aliphatic carbocycles. The van der Waals surface area contributed by atoms with Crippen LogP contribution in [0.3, 0.4) is 0 Å². The Morgan fingerprint density at radius 2 is 1.36 bits per heavy atom. The van der Waals surface area contributed by atoms with Gasteiger partial charge >= 0.3 is 12.4 Å². The molecule has 0 fully saturated rings. The molecular formula is C13H14F6O3. The zero-order valence-corrected chi connectivity index (χ0v) is 11.5. The van der Waals surface area contributed by atoms with Crippen molar-refractivity contribution >= 4 is 0 Å². The molecule has 0 unspecified atom stereocenters. The molecule has 0 aromatic heterocycles. The molecule has 0 aliphatic heterocycles. The van der Waals surface area contributed by atoms with E-state index in [0.29, 0.717) is 12.7 Å². The first-order valence-corrected chi connectivity index (χ1v) is 6.04. The van der Waals surface area contributed by atoms with Gasteiger partial charge < -0.3 is 14.9 Å². The summed E-state index contributed by atoms with van der Waals surface area (Å²) in [7, 11) is 1.32. The van der Waals surface area contributed by atoms with Gasteiger partial charge in [-0.3, -0.25) is 0 Å². The highest BCUT2D eigenvalue weighted by Crippen LogP contribution is 2.50. The van der Waals surface area contributed by atoms with Gasteiger partial charge in [0.15, 0.2) is 0 Å². The number of aliphatic hydroxyl groups is 2. The molecule has 126 valence electrons. The third-order valence-electron chi connectivity index (χ3n) is 3.45. The fourth-order valence-electron chi connectivity index (χ4n) is 2.00. The molecule has 0 amide bonds. The van der Waals surface area contributed by atoms with E-state index in [2.05, 4.69) is 0 Å². The third-order valence-corrected chi connectivity index (χ3v) is 3.45. The molecule has 1 aromatic rings. The molecule has 0 spiro atoms. The van der Waals surface area contributed by atoms with E-state index >= 15 is 0 Å². The SMILES string of the molecule is COc1ccc([C@H](O)[C@H](C)C(O)(C(F)(F)F)C(F)(F)F)cc1. The molecule has 0 heterocycles. The Morgan fingerprint density at radius 1 is 0.955 bits per heavy atom. The molecule has 3 nitrogen and oxygen atoms in total. The smallest absolute Gasteiger partial charge is 0.426 e. The van der Waals surface area contributed by atoms with Crippen molar-refractivity contribution in [3.8, 4) is 5.75 Å². The van der Waals surface area contributed by atoms with E-state index in [1.807, 2.05) is 0 Å². The summed E-state index contributed by atoms with van der Waals surface area (Å²) >= 11 is 0. The lowest BCUT2D eigenvalue weighted by Crippen LogP contribution is -2.62. The predicted octanol–water partition coefficient (Wildman–Crippen LogP) is 3.22. The Kier molecular flexibility index (Phi) is 5.03. The first-order chi connectivity index (χ1) is 9.86. The summed E-state index contributed by atoms with van der Waals surface area (Å²) in [6, 6.07) is 4.78. The molecule has 0 aliphatic rings. The Morgan fingerprint density at radius 3 is 1.68 bits per heavy atom. The number of halogens is 6. The van der Waals surface area contributed by atoms with Crippen LogP contribution in [-0.4, -0.2) is 35.3 Å². The summed E-state index contributed by atoms with van der Waals surface area (Å²) in [5.74, 6) is -2.26. The van der Waals surface area contributed by atoms with Crippen LogP contribution in [0.15, 0.2) is 24.3 Å². The number of hydrogen-bond donors (Lipinski definition) is 2. The van der Waals surface area contributed by atoms with Gasteiger partial charge in [0.25, 0.3) is 5.60 Å². The van der Waals surface area contributed by atoms with E-state index in [-0.39, 0.29) is 5.56 Å². The molecule has 0 saturated carbocycles. The summed E-state index contributed by atoms with van der Waals surface area (Å²) in [6.45, 7) is 0.482. The minimum absolute atomic E-state index is 0.208. The van der Waals surface area contributed by atoms with Gasteiger partial charge in [0.1, 0.15) is 5.75 Å². The molecular weight excluding hydrogens is 318 g/mol. The highest BCUT2D eigenvalue weighted by atomic mass is 19.4. The second-order valence-electron chi connectivity index (χ2n) is 4.77. The number of hydrogen-bond acceptors (Lipinski definition) is 3. The van der Waals surface area contributed by atoms with Crippen LogP contribution in [-0.2, 0) is 0 Å². The maximum Gasteiger partial charge on any atom is 0.426 e. The first kappa shape index (κ1) is 18.6. The summed E-state index contributed by atoms with van der Waals surface area (Å²) in [6.07, 6.45) is -14.2. The number of rotatable bonds is 4. The highest BCUT2D eigenvalue weighted by Gasteiger charge is 2.73. The van der Waals surface area contributed by atoms with Crippen LogP contribution in [0.4, 0.5) is 26.3 Å². The van der Waals surface area contributed by atoms with Gasteiger partial charge in [0, 0.05) is 5.92 Å². The van der Waals surface area contributed by atoms with Gasteiger partial charge in [-0.25, -0.2) is 0 Å². The van der Waals surface area contributed by atoms with Crippen molar-refractivity contribution < 1.29 is 41.3 Å². The minimum Gasteiger partial charge on any atom is -0.497 e. The van der Waals surface area contributed by atoms with Crippen LogP contribution in [0, 0.1) is 5.92 Å². The molecule has 9 heteroatoms. The van der Waals surface area contributed by atoms with Crippen molar-refractivity contribution in [2.24, 2.45) is 5.92 Å². The van der Waals surface area contributed by atoms with Crippen molar-refractivity contribution in [2.75, 3.05) is 7.11 Å². The van der Waals surface area contributed by atoms with Crippen LogP contribution in [0.5, 0.6) is 5.75 Å². The van der Waals surface area contributed by atoms with Crippen molar-refractivity contribution in [3.63, 3.8) is 0 Å². The number of alkyl halides is 6. The Bertz CT molecular complexity index is 480. The van der Waals surface area contributed by atoms with Crippen molar-refractivity contribution in [2.45, 2.75) is 31.0 Å². The number of benzene rings is 1. The second kappa shape index (κ2) is 5.96. The molecule has 2 N–H and O–H groups in total. The third kappa shape index (κ3) is 3.14. The zero-order chi connectivity index (χ0) is 17.3. The van der Waals surface area contributed by atoms with Gasteiger partial charge in [-0.15, -0.1) is 0 Å². The van der Waals surface area contributed by atoms with Crippen LogP contribution in [0.25, 0.3) is 0 Å². The maximum absolute atomic E-state index is 12.7. The summed E-state index contributed by atoms with van der Waals surface area (Å²) < 4.78 is 81.3. The Labute approximate surface area is 122 Å². The molecule has 1 aromatic carbocycles. The van der Waals surface area contributed by atoms with Crippen LogP contribution in [0.2, 0.25) is 0 Å². The average molecular weight is 332 g/mol. The van der Waals surface area contributed by atoms with Gasteiger partial charge in [-0.1, -0.05) is 19.1 Å². The molecule has 0 bridgehead atoms. The van der Waals surface area contributed by atoms with Crippen molar-refractivity contribution in [3.05, 3.63) is 29.8 Å². The normalized spacial score (nSPS) is 16.3. The van der Waals surface area contributed by atoms with E-state index < -0.39 is 30.0 Å². The predicted molar refractivity (Wildman–Crippen MR) is 64.2 cm³/mol. The van der Waals surface area contributed by atoms with Gasteiger partial charge in [-0.2, -0.15) is 26.3 Å². The van der Waals surface area contributed by atoms with E-state index in [4.69, 9.17) is 4.74 Å². The lowest BCUT2D eigenvalue weighted by molar-refractivity contribution is -0.389. The summed E-state index contributed by atoms with van der Waals surface area (Å²) in [5.41, 5.74) is -5.24. The van der Waals surface area contributed by atoms with Crippen LogP contribution >= 0.6 is 0 Å². The van der Waals surface area contributed by atoms with Gasteiger partial charge in [0.05, 0.1) is 13.2 Å². The summed E-state index contributed by atoms with van der Waals surface area (Å²) in [4.78, 5) is 0. The lowest BCUT2D eigenvalue weighted by atomic mass is 9.81. The van der Waals surface area contributed by atoms with Crippen LogP contribution < -0.4 is 4.74 Å².